The molecule has 1 aromatic carbocycles. The highest BCUT2D eigenvalue weighted by Gasteiger charge is 2.48. The van der Waals surface area contributed by atoms with Gasteiger partial charge in [-0.2, -0.15) is 0 Å². The summed E-state index contributed by atoms with van der Waals surface area (Å²) in [5.74, 6) is 0.0314. The van der Waals surface area contributed by atoms with Crippen molar-refractivity contribution in [2.75, 3.05) is 7.05 Å². The quantitative estimate of drug-likeness (QED) is 0.705. The lowest BCUT2D eigenvalue weighted by atomic mass is 9.60. The van der Waals surface area contributed by atoms with Crippen LogP contribution in [0.4, 0.5) is 0 Å². The van der Waals surface area contributed by atoms with Gasteiger partial charge in [0, 0.05) is 25.5 Å². The van der Waals surface area contributed by atoms with E-state index in [1.165, 1.54) is 0 Å². The van der Waals surface area contributed by atoms with E-state index in [1.807, 2.05) is 38.4 Å². The summed E-state index contributed by atoms with van der Waals surface area (Å²) in [6.45, 7) is 1.94. The van der Waals surface area contributed by atoms with E-state index in [0.29, 0.717) is 0 Å². The fourth-order valence-corrected chi connectivity index (χ4v) is 6.17. The molecule has 0 aliphatic heterocycles. The second-order valence-electron chi connectivity index (χ2n) is 7.37. The van der Waals surface area contributed by atoms with Crippen molar-refractivity contribution < 1.29 is 8.42 Å². The van der Waals surface area contributed by atoms with Gasteiger partial charge in [-0.25, -0.2) is 13.1 Å². The van der Waals surface area contributed by atoms with E-state index < -0.39 is 15.4 Å². The van der Waals surface area contributed by atoms with Crippen LogP contribution in [-0.4, -0.2) is 31.5 Å². The Labute approximate surface area is 173 Å². The predicted octanol–water partition coefficient (Wildman–Crippen LogP) is 3.42. The number of aromatic nitrogens is 1. The van der Waals surface area contributed by atoms with Gasteiger partial charge >= 0.3 is 0 Å². The third-order valence-corrected chi connectivity index (χ3v) is 7.92. The van der Waals surface area contributed by atoms with E-state index in [0.717, 1.165) is 36.2 Å². The maximum atomic E-state index is 12.9. The Hall–Kier alpha value is -1.83. The lowest BCUT2D eigenvalue weighted by molar-refractivity contribution is 0.213. The first kappa shape index (κ1) is 20.9. The highest BCUT2D eigenvalue weighted by molar-refractivity contribution is 7.89. The van der Waals surface area contributed by atoms with Crippen LogP contribution < -0.4 is 10.0 Å². The molecular weight excluding hydrogens is 390 g/mol. The molecule has 3 atom stereocenters. The van der Waals surface area contributed by atoms with Crippen LogP contribution >= 0.6 is 12.2 Å². The zero-order chi connectivity index (χ0) is 20.2. The third-order valence-electron chi connectivity index (χ3n) is 5.78. The third kappa shape index (κ3) is 3.97. The Morgan fingerprint density at radius 2 is 1.96 bits per heavy atom. The highest BCUT2D eigenvalue weighted by Crippen LogP contribution is 2.46. The van der Waals surface area contributed by atoms with Gasteiger partial charge in [-0.3, -0.25) is 4.98 Å². The van der Waals surface area contributed by atoms with E-state index in [2.05, 4.69) is 15.0 Å². The van der Waals surface area contributed by atoms with E-state index in [-0.39, 0.29) is 16.9 Å². The van der Waals surface area contributed by atoms with E-state index in [1.54, 1.807) is 30.5 Å². The molecule has 1 aromatic heterocycles. The number of thiocarbonyl (C=S) groups is 1. The van der Waals surface area contributed by atoms with Gasteiger partial charge in [0.2, 0.25) is 10.0 Å². The molecule has 5 nitrogen and oxygen atoms in total. The van der Waals surface area contributed by atoms with Crippen LogP contribution in [0, 0.1) is 5.92 Å². The molecule has 2 aromatic rings. The average Bonchev–Trinajstić information content (AvgIpc) is 2.74. The zero-order valence-electron chi connectivity index (χ0n) is 16.3. The molecule has 150 valence electrons. The molecule has 0 spiro atoms. The van der Waals surface area contributed by atoms with Crippen molar-refractivity contribution in [2.45, 2.75) is 49.0 Å². The minimum atomic E-state index is -3.60. The summed E-state index contributed by atoms with van der Waals surface area (Å²) in [7, 11) is -1.76. The molecule has 7 heteroatoms. The number of likely N-dealkylation sites (N-methyl/N-ethyl adjacent to an activating group) is 1. The molecule has 0 bridgehead atoms. The summed E-state index contributed by atoms with van der Waals surface area (Å²) in [6.07, 6.45) is 7.48. The van der Waals surface area contributed by atoms with Crippen molar-refractivity contribution in [1.29, 1.82) is 0 Å². The van der Waals surface area contributed by atoms with Crippen LogP contribution in [0.1, 0.15) is 38.2 Å². The summed E-state index contributed by atoms with van der Waals surface area (Å²) in [5.41, 5.74) is 0.611. The predicted molar refractivity (Wildman–Crippen MR) is 116 cm³/mol. The topological polar surface area (TPSA) is 71.1 Å². The standard InChI is InChI=1S/C21H27N3O2S2/c1-16(24-28(25,26)18-10-4-3-5-11-18)19-12-6-7-13-21(19,20(27)22-2)17-9-8-14-23-15-17/h3-5,8-11,14-16,19,24H,6-7,12-13H2,1-2H3,(H,22,27). The number of benzene rings is 1. The summed E-state index contributed by atoms with van der Waals surface area (Å²) >= 11 is 5.78. The first-order chi connectivity index (χ1) is 13.4. The van der Waals surface area contributed by atoms with Crippen molar-refractivity contribution in [3.63, 3.8) is 0 Å². The normalized spacial score (nSPS) is 23.7. The molecule has 1 heterocycles. The number of nitrogens with zero attached hydrogens (tertiary/aromatic N) is 1. The SMILES string of the molecule is CNC(=S)C1(c2cccnc2)CCCCC1C(C)NS(=O)(=O)c1ccccc1. The number of hydrogen-bond donors (Lipinski definition) is 2. The van der Waals surface area contributed by atoms with E-state index in [4.69, 9.17) is 12.2 Å². The smallest absolute Gasteiger partial charge is 0.240 e. The molecular formula is C21H27N3O2S2. The van der Waals surface area contributed by atoms with Gasteiger partial charge in [-0.15, -0.1) is 0 Å². The molecule has 2 N–H and O–H groups in total. The van der Waals surface area contributed by atoms with Crippen LogP contribution in [0.2, 0.25) is 0 Å². The maximum absolute atomic E-state index is 12.9. The second-order valence-corrected chi connectivity index (χ2v) is 9.49. The monoisotopic (exact) mass is 417 g/mol. The highest BCUT2D eigenvalue weighted by atomic mass is 32.2. The van der Waals surface area contributed by atoms with Crippen LogP contribution in [0.15, 0.2) is 59.8 Å². The molecule has 1 fully saturated rings. The van der Waals surface area contributed by atoms with Gasteiger partial charge in [-0.05, 0) is 49.4 Å². The fraction of sp³-hybridized carbons (Fsp3) is 0.429. The largest absolute Gasteiger partial charge is 0.382 e. The number of rotatable bonds is 6. The van der Waals surface area contributed by atoms with Gasteiger partial charge in [0.25, 0.3) is 0 Å². The summed E-state index contributed by atoms with van der Waals surface area (Å²) in [4.78, 5) is 5.34. The van der Waals surface area contributed by atoms with Crippen molar-refractivity contribution in [3.05, 3.63) is 60.4 Å². The van der Waals surface area contributed by atoms with Gasteiger partial charge < -0.3 is 5.32 Å². The average molecular weight is 418 g/mol. The summed E-state index contributed by atoms with van der Waals surface area (Å²) in [5, 5.41) is 3.18. The molecule has 1 aliphatic rings. The zero-order valence-corrected chi connectivity index (χ0v) is 17.9. The molecule has 0 amide bonds. The molecule has 3 rings (SSSR count). The van der Waals surface area contributed by atoms with Crippen LogP contribution in [0.3, 0.4) is 0 Å². The van der Waals surface area contributed by atoms with Crippen molar-refractivity contribution in [3.8, 4) is 0 Å². The Bertz CT molecular complexity index is 904. The number of pyridine rings is 1. The first-order valence-corrected chi connectivity index (χ1v) is 11.5. The molecule has 1 aliphatic carbocycles. The van der Waals surface area contributed by atoms with Crippen molar-refractivity contribution in [1.82, 2.24) is 15.0 Å². The van der Waals surface area contributed by atoms with Crippen LogP contribution in [0.25, 0.3) is 0 Å². The Kier molecular flexibility index (Phi) is 6.47. The van der Waals surface area contributed by atoms with Gasteiger partial charge in [0.1, 0.15) is 0 Å². The number of hydrogen-bond acceptors (Lipinski definition) is 4. The Morgan fingerprint density at radius 3 is 2.61 bits per heavy atom. The van der Waals surface area contributed by atoms with E-state index in [9.17, 15) is 8.42 Å². The molecule has 0 saturated heterocycles. The summed E-state index contributed by atoms with van der Waals surface area (Å²) < 4.78 is 28.7. The Morgan fingerprint density at radius 1 is 1.21 bits per heavy atom. The van der Waals surface area contributed by atoms with Gasteiger partial charge in [0.15, 0.2) is 0 Å². The number of sulfonamides is 1. The lowest BCUT2D eigenvalue weighted by Crippen LogP contribution is -2.55. The molecule has 3 unspecified atom stereocenters. The summed E-state index contributed by atoms with van der Waals surface area (Å²) in [6, 6.07) is 12.2. The molecule has 28 heavy (non-hydrogen) atoms. The van der Waals surface area contributed by atoms with E-state index >= 15 is 0 Å². The van der Waals surface area contributed by atoms with Gasteiger partial charge in [0.05, 0.1) is 15.3 Å². The minimum absolute atomic E-state index is 0.0314. The Balaban J connectivity index is 1.98. The van der Waals surface area contributed by atoms with Crippen LogP contribution in [-0.2, 0) is 15.4 Å². The van der Waals surface area contributed by atoms with Crippen LogP contribution in [0.5, 0.6) is 0 Å². The maximum Gasteiger partial charge on any atom is 0.240 e. The fourth-order valence-electron chi connectivity index (χ4n) is 4.49. The van der Waals surface area contributed by atoms with Gasteiger partial charge in [-0.1, -0.05) is 49.3 Å². The second kappa shape index (κ2) is 8.68. The molecule has 0 radical (unpaired) electrons. The number of nitrogens with one attached hydrogen (secondary N) is 2. The minimum Gasteiger partial charge on any atom is -0.382 e. The molecule has 1 saturated carbocycles. The first-order valence-electron chi connectivity index (χ1n) is 9.62. The van der Waals surface area contributed by atoms with Crippen molar-refractivity contribution in [2.24, 2.45) is 5.92 Å². The van der Waals surface area contributed by atoms with Crippen molar-refractivity contribution >= 4 is 27.2 Å². The lowest BCUT2D eigenvalue weighted by Gasteiger charge is -2.47.